The van der Waals surface area contributed by atoms with Gasteiger partial charge in [0.1, 0.15) is 5.75 Å². The maximum Gasteiger partial charge on any atom is 0.152 e. The number of aliphatic hydroxyl groups excluding tert-OH is 1. The van der Waals surface area contributed by atoms with E-state index >= 15 is 0 Å². The molecule has 0 saturated carbocycles. The van der Waals surface area contributed by atoms with Gasteiger partial charge in [-0.2, -0.15) is 0 Å². The number of aliphatic hydroxyl groups is 1. The molecule has 4 nitrogen and oxygen atoms in total. The van der Waals surface area contributed by atoms with Crippen LogP contribution in [0.4, 0.5) is 0 Å². The van der Waals surface area contributed by atoms with Gasteiger partial charge in [-0.15, -0.1) is 0 Å². The van der Waals surface area contributed by atoms with E-state index in [0.717, 1.165) is 16.3 Å². The number of ether oxygens (including phenoxy) is 1. The van der Waals surface area contributed by atoms with Crippen molar-refractivity contribution in [1.29, 1.82) is 0 Å². The summed E-state index contributed by atoms with van der Waals surface area (Å²) in [6.45, 7) is 1.51. The fourth-order valence-electron chi connectivity index (χ4n) is 1.51. The third-order valence-electron chi connectivity index (χ3n) is 2.90. The SMILES string of the molecule is COc1ccc(Br)c(CC(O)C(C)S(C)(=O)=O)c1. The Labute approximate surface area is 116 Å². The van der Waals surface area contributed by atoms with Crippen LogP contribution in [0.1, 0.15) is 12.5 Å². The summed E-state index contributed by atoms with van der Waals surface area (Å²) in [7, 11) is -1.69. The average Bonchev–Trinajstić information content (AvgIpc) is 2.29. The second kappa shape index (κ2) is 6.04. The first-order valence-corrected chi connectivity index (χ1v) is 8.19. The topological polar surface area (TPSA) is 63.6 Å². The van der Waals surface area contributed by atoms with E-state index in [4.69, 9.17) is 4.74 Å². The van der Waals surface area contributed by atoms with Gasteiger partial charge in [0.15, 0.2) is 9.84 Å². The molecular weight excluding hydrogens is 320 g/mol. The van der Waals surface area contributed by atoms with Gasteiger partial charge < -0.3 is 9.84 Å². The van der Waals surface area contributed by atoms with Gasteiger partial charge in [0.25, 0.3) is 0 Å². The molecule has 0 radical (unpaired) electrons. The molecule has 0 heterocycles. The second-order valence-corrected chi connectivity index (χ2v) is 7.52. The van der Waals surface area contributed by atoms with Crippen molar-refractivity contribution in [2.24, 2.45) is 0 Å². The summed E-state index contributed by atoms with van der Waals surface area (Å²) >= 11 is 3.37. The number of rotatable bonds is 5. The molecule has 0 aliphatic rings. The summed E-state index contributed by atoms with van der Waals surface area (Å²) < 4.78 is 28.7. The molecule has 2 atom stereocenters. The van der Waals surface area contributed by atoms with Gasteiger partial charge >= 0.3 is 0 Å². The molecule has 1 rings (SSSR count). The minimum Gasteiger partial charge on any atom is -0.497 e. The Kier molecular flexibility index (Phi) is 5.19. The first kappa shape index (κ1) is 15.5. The van der Waals surface area contributed by atoms with E-state index in [9.17, 15) is 13.5 Å². The molecule has 0 saturated heterocycles. The first-order valence-electron chi connectivity index (χ1n) is 5.45. The Balaban J connectivity index is 2.91. The Morgan fingerprint density at radius 1 is 1.44 bits per heavy atom. The minimum atomic E-state index is -3.25. The lowest BCUT2D eigenvalue weighted by Crippen LogP contribution is -2.32. The van der Waals surface area contributed by atoms with Crippen LogP contribution < -0.4 is 4.74 Å². The molecule has 0 amide bonds. The minimum absolute atomic E-state index is 0.256. The number of halogens is 1. The molecular formula is C12H17BrO4S. The molecule has 1 aromatic rings. The number of sulfone groups is 1. The summed E-state index contributed by atoms with van der Waals surface area (Å²) in [6.07, 6.45) is 0.441. The van der Waals surface area contributed by atoms with Crippen LogP contribution in [0.25, 0.3) is 0 Å². The lowest BCUT2D eigenvalue weighted by atomic mass is 10.1. The van der Waals surface area contributed by atoms with Crippen molar-refractivity contribution in [2.45, 2.75) is 24.7 Å². The summed E-state index contributed by atoms with van der Waals surface area (Å²) in [4.78, 5) is 0. The Hall–Kier alpha value is -0.590. The maximum absolute atomic E-state index is 11.4. The van der Waals surface area contributed by atoms with Crippen LogP contribution >= 0.6 is 15.9 Å². The third-order valence-corrected chi connectivity index (χ3v) is 5.34. The average molecular weight is 337 g/mol. The van der Waals surface area contributed by atoms with Crippen molar-refractivity contribution < 1.29 is 18.3 Å². The zero-order chi connectivity index (χ0) is 13.9. The monoisotopic (exact) mass is 336 g/mol. The standard InChI is InChI=1S/C12H17BrO4S/c1-8(18(3,15)16)12(14)7-9-6-10(17-2)4-5-11(9)13/h4-6,8,12,14H,7H2,1-3H3. The highest BCUT2D eigenvalue weighted by molar-refractivity contribution is 9.10. The van der Waals surface area contributed by atoms with E-state index < -0.39 is 21.2 Å². The smallest absolute Gasteiger partial charge is 0.152 e. The number of methoxy groups -OCH3 is 1. The molecule has 0 aliphatic carbocycles. The van der Waals surface area contributed by atoms with E-state index in [1.165, 1.54) is 6.92 Å². The molecule has 2 unspecified atom stereocenters. The first-order chi connectivity index (χ1) is 8.25. The van der Waals surface area contributed by atoms with Gasteiger partial charge in [-0.05, 0) is 30.7 Å². The summed E-state index contributed by atoms with van der Waals surface area (Å²) in [6, 6.07) is 5.38. The van der Waals surface area contributed by atoms with Crippen LogP contribution in [0.2, 0.25) is 0 Å². The van der Waals surface area contributed by atoms with Crippen molar-refractivity contribution in [1.82, 2.24) is 0 Å². The van der Waals surface area contributed by atoms with Crippen LogP contribution in [0.5, 0.6) is 5.75 Å². The summed E-state index contributed by atoms with van der Waals surface area (Å²) in [5, 5.41) is 9.16. The van der Waals surface area contributed by atoms with E-state index in [1.54, 1.807) is 19.2 Å². The van der Waals surface area contributed by atoms with Crippen molar-refractivity contribution in [3.05, 3.63) is 28.2 Å². The van der Waals surface area contributed by atoms with Crippen LogP contribution in [-0.2, 0) is 16.3 Å². The summed E-state index contributed by atoms with van der Waals surface area (Å²) in [5.41, 5.74) is 0.817. The number of benzene rings is 1. The largest absolute Gasteiger partial charge is 0.497 e. The lowest BCUT2D eigenvalue weighted by Gasteiger charge is -2.18. The molecule has 0 fully saturated rings. The van der Waals surface area contributed by atoms with Gasteiger partial charge in [0, 0.05) is 17.1 Å². The highest BCUT2D eigenvalue weighted by Gasteiger charge is 2.24. The zero-order valence-electron chi connectivity index (χ0n) is 10.6. The molecule has 18 heavy (non-hydrogen) atoms. The van der Waals surface area contributed by atoms with Crippen LogP contribution in [0.15, 0.2) is 22.7 Å². The predicted molar refractivity (Wildman–Crippen MR) is 74.7 cm³/mol. The lowest BCUT2D eigenvalue weighted by molar-refractivity contribution is 0.173. The molecule has 1 aromatic carbocycles. The highest BCUT2D eigenvalue weighted by Crippen LogP contribution is 2.24. The van der Waals surface area contributed by atoms with E-state index in [-0.39, 0.29) is 6.42 Å². The van der Waals surface area contributed by atoms with Gasteiger partial charge in [0.05, 0.1) is 18.5 Å². The molecule has 0 bridgehead atoms. The van der Waals surface area contributed by atoms with Crippen LogP contribution in [-0.4, -0.2) is 38.2 Å². The summed E-state index contributed by atoms with van der Waals surface area (Å²) in [5.74, 6) is 0.674. The molecule has 0 aliphatic heterocycles. The van der Waals surface area contributed by atoms with Crippen molar-refractivity contribution >= 4 is 25.8 Å². The van der Waals surface area contributed by atoms with Gasteiger partial charge in [-0.1, -0.05) is 15.9 Å². The number of hydrogen-bond acceptors (Lipinski definition) is 4. The van der Waals surface area contributed by atoms with Crippen molar-refractivity contribution in [3.63, 3.8) is 0 Å². The van der Waals surface area contributed by atoms with Crippen LogP contribution in [0.3, 0.4) is 0 Å². The zero-order valence-corrected chi connectivity index (χ0v) is 13.0. The molecule has 102 valence electrons. The quantitative estimate of drug-likeness (QED) is 0.890. The van der Waals surface area contributed by atoms with Gasteiger partial charge in [-0.3, -0.25) is 0 Å². The molecule has 0 aromatic heterocycles. The normalized spacial score (nSPS) is 15.2. The van der Waals surface area contributed by atoms with Crippen molar-refractivity contribution in [3.8, 4) is 5.75 Å². The molecule has 6 heteroatoms. The molecule has 0 spiro atoms. The fourth-order valence-corrected chi connectivity index (χ4v) is 2.59. The Morgan fingerprint density at radius 2 is 2.06 bits per heavy atom. The second-order valence-electron chi connectivity index (χ2n) is 4.26. The third kappa shape index (κ3) is 3.96. The maximum atomic E-state index is 11.4. The highest BCUT2D eigenvalue weighted by atomic mass is 79.9. The van der Waals surface area contributed by atoms with Gasteiger partial charge in [-0.25, -0.2) is 8.42 Å². The Morgan fingerprint density at radius 3 is 2.56 bits per heavy atom. The molecule has 1 N–H and O–H groups in total. The Bertz CT molecular complexity index is 513. The fraction of sp³-hybridized carbons (Fsp3) is 0.500. The predicted octanol–water partition coefficient (Wildman–Crippen LogP) is 1.79. The van der Waals surface area contributed by atoms with Crippen LogP contribution in [0, 0.1) is 0 Å². The van der Waals surface area contributed by atoms with Gasteiger partial charge in [0.2, 0.25) is 0 Å². The van der Waals surface area contributed by atoms with Crippen molar-refractivity contribution in [2.75, 3.05) is 13.4 Å². The van der Waals surface area contributed by atoms with E-state index in [0.29, 0.717) is 5.75 Å². The van der Waals surface area contributed by atoms with E-state index in [1.807, 2.05) is 6.07 Å². The number of hydrogen-bond donors (Lipinski definition) is 1. The van der Waals surface area contributed by atoms with E-state index in [2.05, 4.69) is 15.9 Å².